The molecular formula is C25H23N3O2S. The van der Waals surface area contributed by atoms with E-state index in [9.17, 15) is 9.90 Å². The van der Waals surface area contributed by atoms with Crippen molar-refractivity contribution in [3.63, 3.8) is 0 Å². The number of nitrogens with one attached hydrogen (secondary N) is 1. The van der Waals surface area contributed by atoms with Crippen molar-refractivity contribution in [3.05, 3.63) is 84.2 Å². The quantitative estimate of drug-likeness (QED) is 0.411. The Morgan fingerprint density at radius 1 is 0.935 bits per heavy atom. The molecule has 4 N–H and O–H groups in total. The van der Waals surface area contributed by atoms with Gasteiger partial charge in [0.15, 0.2) is 0 Å². The van der Waals surface area contributed by atoms with Gasteiger partial charge in [-0.25, -0.2) is 4.98 Å². The molecule has 4 rings (SSSR count). The summed E-state index contributed by atoms with van der Waals surface area (Å²) in [6, 6.07) is 26.1. The molecular weight excluding hydrogens is 406 g/mol. The summed E-state index contributed by atoms with van der Waals surface area (Å²) in [4.78, 5) is 16.9. The summed E-state index contributed by atoms with van der Waals surface area (Å²) >= 11 is 1.60. The summed E-state index contributed by atoms with van der Waals surface area (Å²) in [7, 11) is 0. The molecule has 1 aromatic heterocycles. The van der Waals surface area contributed by atoms with Gasteiger partial charge in [0.1, 0.15) is 10.5 Å². The van der Waals surface area contributed by atoms with Crippen LogP contribution >= 0.6 is 11.3 Å². The van der Waals surface area contributed by atoms with E-state index in [1.54, 1.807) is 23.5 Å². The SMILES string of the molecule is C[C@](N)(CO)C(=O)Nc1ccc(-c2csc(-c3ccc(-c4ccccc4)cc3)n2)cc1. The molecule has 0 aliphatic carbocycles. The number of aromatic nitrogens is 1. The Balaban J connectivity index is 1.48. The molecule has 1 amide bonds. The Morgan fingerprint density at radius 2 is 1.52 bits per heavy atom. The lowest BCUT2D eigenvalue weighted by atomic mass is 10.0. The topological polar surface area (TPSA) is 88.2 Å². The average Bonchev–Trinajstić information content (AvgIpc) is 3.30. The fourth-order valence-corrected chi connectivity index (χ4v) is 3.88. The molecule has 0 unspecified atom stereocenters. The van der Waals surface area contributed by atoms with Gasteiger partial charge in [-0.15, -0.1) is 11.3 Å². The molecule has 4 aromatic rings. The lowest BCUT2D eigenvalue weighted by molar-refractivity contribution is -0.121. The maximum Gasteiger partial charge on any atom is 0.246 e. The zero-order valence-electron chi connectivity index (χ0n) is 17.1. The number of rotatable bonds is 6. The van der Waals surface area contributed by atoms with E-state index < -0.39 is 18.1 Å². The molecule has 0 bridgehead atoms. The van der Waals surface area contributed by atoms with E-state index in [0.29, 0.717) is 5.69 Å². The first-order valence-electron chi connectivity index (χ1n) is 9.89. The van der Waals surface area contributed by atoms with Gasteiger partial charge in [0, 0.05) is 22.2 Å². The Kier molecular flexibility index (Phi) is 5.95. The summed E-state index contributed by atoms with van der Waals surface area (Å²) in [6.45, 7) is 1.06. The minimum absolute atomic E-state index is 0.426. The summed E-state index contributed by atoms with van der Waals surface area (Å²) in [5, 5.41) is 14.9. The van der Waals surface area contributed by atoms with Crippen molar-refractivity contribution < 1.29 is 9.90 Å². The van der Waals surface area contributed by atoms with Crippen LogP contribution in [-0.2, 0) is 4.79 Å². The van der Waals surface area contributed by atoms with E-state index in [0.717, 1.165) is 21.8 Å². The number of anilines is 1. The Hall–Kier alpha value is -3.32. The second-order valence-corrected chi connectivity index (χ2v) is 8.45. The highest BCUT2D eigenvalue weighted by atomic mass is 32.1. The number of amides is 1. The number of nitrogens with two attached hydrogens (primary N) is 1. The van der Waals surface area contributed by atoms with Crippen LogP contribution < -0.4 is 11.1 Å². The molecule has 0 saturated heterocycles. The van der Waals surface area contributed by atoms with Gasteiger partial charge < -0.3 is 16.2 Å². The number of hydrogen-bond donors (Lipinski definition) is 3. The first-order chi connectivity index (χ1) is 15.0. The van der Waals surface area contributed by atoms with Crippen molar-refractivity contribution in [2.75, 3.05) is 11.9 Å². The van der Waals surface area contributed by atoms with Crippen LogP contribution in [-0.4, -0.2) is 28.1 Å². The van der Waals surface area contributed by atoms with E-state index in [1.807, 2.05) is 35.7 Å². The lowest BCUT2D eigenvalue weighted by Crippen LogP contribution is -2.51. The Bertz CT molecular complexity index is 1170. The van der Waals surface area contributed by atoms with E-state index in [-0.39, 0.29) is 0 Å². The van der Waals surface area contributed by atoms with E-state index >= 15 is 0 Å². The zero-order chi connectivity index (χ0) is 21.8. The van der Waals surface area contributed by atoms with Crippen molar-refractivity contribution in [2.24, 2.45) is 5.73 Å². The number of carbonyl (C=O) groups excluding carboxylic acids is 1. The number of carbonyl (C=O) groups is 1. The fourth-order valence-electron chi connectivity index (χ4n) is 3.04. The smallest absolute Gasteiger partial charge is 0.246 e. The monoisotopic (exact) mass is 429 g/mol. The number of nitrogens with zero attached hydrogens (tertiary/aromatic N) is 1. The molecule has 1 heterocycles. The molecule has 1 atom stereocenters. The maximum absolute atomic E-state index is 12.1. The van der Waals surface area contributed by atoms with Crippen LogP contribution in [0.25, 0.3) is 33.0 Å². The molecule has 0 saturated carbocycles. The maximum atomic E-state index is 12.1. The van der Waals surface area contributed by atoms with Gasteiger partial charge >= 0.3 is 0 Å². The van der Waals surface area contributed by atoms with Gasteiger partial charge in [-0.1, -0.05) is 66.7 Å². The second-order valence-electron chi connectivity index (χ2n) is 7.59. The zero-order valence-corrected chi connectivity index (χ0v) is 17.9. The fraction of sp³-hybridized carbons (Fsp3) is 0.120. The highest BCUT2D eigenvalue weighted by molar-refractivity contribution is 7.13. The second kappa shape index (κ2) is 8.81. The Morgan fingerprint density at radius 3 is 2.16 bits per heavy atom. The standard InChI is InChI=1S/C25H23N3O2S/c1-25(26,16-29)24(30)27-21-13-11-19(12-14-21)22-15-31-23(28-22)20-9-7-18(8-10-20)17-5-3-2-4-6-17/h2-15,29H,16,26H2,1H3,(H,27,30)/t25-/m0/s1. The molecule has 31 heavy (non-hydrogen) atoms. The molecule has 0 fully saturated rings. The lowest BCUT2D eigenvalue weighted by Gasteiger charge is -2.20. The van der Waals surface area contributed by atoms with E-state index in [4.69, 9.17) is 10.7 Å². The first kappa shape index (κ1) is 20.9. The highest BCUT2D eigenvalue weighted by Crippen LogP contribution is 2.31. The van der Waals surface area contributed by atoms with Gasteiger partial charge in [-0.05, 0) is 30.2 Å². The molecule has 156 valence electrons. The summed E-state index contributed by atoms with van der Waals surface area (Å²) in [5.41, 5.74) is 10.3. The third kappa shape index (κ3) is 4.72. The van der Waals surface area contributed by atoms with Crippen molar-refractivity contribution in [1.82, 2.24) is 4.98 Å². The molecule has 0 aliphatic heterocycles. The first-order valence-corrected chi connectivity index (χ1v) is 10.8. The molecule has 6 heteroatoms. The van der Waals surface area contributed by atoms with Crippen LogP contribution in [0, 0.1) is 0 Å². The van der Waals surface area contributed by atoms with Crippen LogP contribution in [0.15, 0.2) is 84.2 Å². The van der Waals surface area contributed by atoms with Crippen molar-refractivity contribution in [3.8, 4) is 33.0 Å². The minimum Gasteiger partial charge on any atom is -0.394 e. The predicted octanol–water partition coefficient (Wildman–Crippen LogP) is 4.79. The molecule has 0 aliphatic rings. The number of benzene rings is 3. The number of hydrogen-bond acceptors (Lipinski definition) is 5. The van der Waals surface area contributed by atoms with Gasteiger partial charge in [-0.3, -0.25) is 4.79 Å². The highest BCUT2D eigenvalue weighted by Gasteiger charge is 2.27. The summed E-state index contributed by atoms with van der Waals surface area (Å²) in [6.07, 6.45) is 0. The van der Waals surface area contributed by atoms with Crippen LogP contribution in [0.2, 0.25) is 0 Å². The summed E-state index contributed by atoms with van der Waals surface area (Å²) in [5.74, 6) is -0.433. The van der Waals surface area contributed by atoms with Gasteiger partial charge in [0.25, 0.3) is 0 Å². The average molecular weight is 430 g/mol. The van der Waals surface area contributed by atoms with Crippen molar-refractivity contribution in [1.29, 1.82) is 0 Å². The Labute approximate surface area is 185 Å². The van der Waals surface area contributed by atoms with Crippen LogP contribution in [0.3, 0.4) is 0 Å². The third-order valence-electron chi connectivity index (χ3n) is 5.03. The molecule has 0 spiro atoms. The molecule has 5 nitrogen and oxygen atoms in total. The van der Waals surface area contributed by atoms with Crippen LogP contribution in [0.5, 0.6) is 0 Å². The van der Waals surface area contributed by atoms with Gasteiger partial charge in [-0.2, -0.15) is 0 Å². The van der Waals surface area contributed by atoms with Crippen LogP contribution in [0.4, 0.5) is 5.69 Å². The predicted molar refractivity (Wildman–Crippen MR) is 127 cm³/mol. The van der Waals surface area contributed by atoms with Gasteiger partial charge in [0.2, 0.25) is 5.91 Å². The number of thiazole rings is 1. The van der Waals surface area contributed by atoms with Gasteiger partial charge in [0.05, 0.1) is 12.3 Å². The molecule has 0 radical (unpaired) electrons. The number of aliphatic hydroxyl groups excluding tert-OH is 1. The largest absolute Gasteiger partial charge is 0.394 e. The third-order valence-corrected chi connectivity index (χ3v) is 5.92. The van der Waals surface area contributed by atoms with E-state index in [2.05, 4.69) is 41.7 Å². The van der Waals surface area contributed by atoms with Crippen molar-refractivity contribution in [2.45, 2.75) is 12.5 Å². The number of aliphatic hydroxyl groups is 1. The normalized spacial score (nSPS) is 12.9. The van der Waals surface area contributed by atoms with E-state index in [1.165, 1.54) is 18.1 Å². The van der Waals surface area contributed by atoms with Crippen molar-refractivity contribution >= 4 is 22.9 Å². The summed E-state index contributed by atoms with van der Waals surface area (Å²) < 4.78 is 0. The molecule has 3 aromatic carbocycles. The minimum atomic E-state index is -1.32. The van der Waals surface area contributed by atoms with Crippen LogP contribution in [0.1, 0.15) is 6.92 Å².